The first-order valence-corrected chi connectivity index (χ1v) is 5.32. The quantitative estimate of drug-likeness (QED) is 0.656. The van der Waals surface area contributed by atoms with Crippen LogP contribution < -0.4 is 9.44 Å². The molecule has 1 heterocycles. The highest BCUT2D eigenvalue weighted by Crippen LogP contribution is 2.09. The summed E-state index contributed by atoms with van der Waals surface area (Å²) in [5.41, 5.74) is -0.00412. The molecule has 1 rings (SSSR count). The number of carbonyl (C=O) groups is 1. The van der Waals surface area contributed by atoms with Crippen LogP contribution in [0.2, 0.25) is 0 Å². The van der Waals surface area contributed by atoms with E-state index in [0.29, 0.717) is 0 Å². The monoisotopic (exact) mass is 231 g/mol. The Kier molecular flexibility index (Phi) is 3.22. The Labute approximate surface area is 86.3 Å². The first-order valence-electron chi connectivity index (χ1n) is 3.84. The largest absolute Gasteiger partial charge is 0.478 e. The molecule has 0 saturated heterocycles. The van der Waals surface area contributed by atoms with E-state index in [1.54, 1.807) is 0 Å². The maximum absolute atomic E-state index is 11.1. The summed E-state index contributed by atoms with van der Waals surface area (Å²) < 4.78 is 26.2. The van der Waals surface area contributed by atoms with Crippen LogP contribution in [0, 0.1) is 0 Å². The van der Waals surface area contributed by atoms with Crippen LogP contribution in [0.4, 0.5) is 5.69 Å². The minimum Gasteiger partial charge on any atom is -0.478 e. The van der Waals surface area contributed by atoms with Crippen molar-refractivity contribution in [1.82, 2.24) is 9.71 Å². The topological polar surface area (TPSA) is 108 Å². The summed E-state index contributed by atoms with van der Waals surface area (Å²) in [4.78, 5) is 14.1. The van der Waals surface area contributed by atoms with Gasteiger partial charge in [-0.25, -0.2) is 9.52 Å². The second kappa shape index (κ2) is 4.24. The number of rotatable bonds is 4. The zero-order chi connectivity index (χ0) is 11.5. The van der Waals surface area contributed by atoms with Gasteiger partial charge in [0.05, 0.1) is 17.4 Å². The number of hydrogen-bond donors (Lipinski definition) is 3. The van der Waals surface area contributed by atoms with E-state index in [0.717, 1.165) is 6.20 Å². The molecule has 0 aromatic carbocycles. The van der Waals surface area contributed by atoms with Gasteiger partial charge in [0.25, 0.3) is 10.2 Å². The lowest BCUT2D eigenvalue weighted by Crippen LogP contribution is -2.26. The van der Waals surface area contributed by atoms with Crippen LogP contribution >= 0.6 is 0 Å². The summed E-state index contributed by atoms with van der Waals surface area (Å²) in [6, 6.07) is 1.17. The van der Waals surface area contributed by atoms with Gasteiger partial charge in [0.2, 0.25) is 0 Å². The Bertz CT molecular complexity index is 471. The lowest BCUT2D eigenvalue weighted by atomic mass is 10.3. The standard InChI is InChI=1S/C7H9N3O4S/c1-8-15(13,14)10-6-2-5(7(11)12)3-9-4-6/h2-4,8,10H,1H3,(H,11,12). The summed E-state index contributed by atoms with van der Waals surface area (Å²) in [6.07, 6.45) is 2.33. The Morgan fingerprint density at radius 2 is 2.13 bits per heavy atom. The summed E-state index contributed by atoms with van der Waals surface area (Å²) >= 11 is 0. The number of aromatic carboxylic acids is 1. The second-order valence-corrected chi connectivity index (χ2v) is 4.20. The Hall–Kier alpha value is -1.67. The van der Waals surface area contributed by atoms with Crippen LogP contribution in [-0.4, -0.2) is 31.5 Å². The number of nitrogens with zero attached hydrogens (tertiary/aromatic N) is 1. The molecule has 82 valence electrons. The number of nitrogens with one attached hydrogen (secondary N) is 2. The number of anilines is 1. The molecular formula is C7H9N3O4S. The maximum atomic E-state index is 11.1. The molecule has 1 aromatic heterocycles. The van der Waals surface area contributed by atoms with Crippen LogP contribution in [-0.2, 0) is 10.2 Å². The summed E-state index contributed by atoms with van der Waals surface area (Å²) in [7, 11) is -2.41. The van der Waals surface area contributed by atoms with E-state index in [2.05, 4.69) is 9.71 Å². The van der Waals surface area contributed by atoms with E-state index >= 15 is 0 Å². The van der Waals surface area contributed by atoms with Crippen LogP contribution in [0.25, 0.3) is 0 Å². The first-order chi connectivity index (χ1) is 6.94. The van der Waals surface area contributed by atoms with Crippen molar-refractivity contribution >= 4 is 21.9 Å². The zero-order valence-electron chi connectivity index (χ0n) is 7.76. The molecule has 0 aliphatic heterocycles. The average Bonchev–Trinajstić information content (AvgIpc) is 2.17. The van der Waals surface area contributed by atoms with Gasteiger partial charge in [-0.2, -0.15) is 8.42 Å². The fourth-order valence-electron chi connectivity index (χ4n) is 0.819. The van der Waals surface area contributed by atoms with E-state index in [-0.39, 0.29) is 11.3 Å². The van der Waals surface area contributed by atoms with Crippen LogP contribution in [0.15, 0.2) is 18.5 Å². The van der Waals surface area contributed by atoms with Crippen molar-refractivity contribution < 1.29 is 18.3 Å². The highest BCUT2D eigenvalue weighted by atomic mass is 32.2. The van der Waals surface area contributed by atoms with Gasteiger partial charge in [0, 0.05) is 13.2 Å². The minimum atomic E-state index is -3.65. The van der Waals surface area contributed by atoms with Gasteiger partial charge in [-0.15, -0.1) is 0 Å². The zero-order valence-corrected chi connectivity index (χ0v) is 8.58. The molecular weight excluding hydrogens is 222 g/mol. The summed E-state index contributed by atoms with van der Waals surface area (Å²) in [5, 5.41) is 8.63. The predicted molar refractivity (Wildman–Crippen MR) is 52.8 cm³/mol. The molecule has 15 heavy (non-hydrogen) atoms. The third-order valence-electron chi connectivity index (χ3n) is 1.51. The second-order valence-electron chi connectivity index (χ2n) is 2.58. The van der Waals surface area contributed by atoms with Gasteiger partial charge in [-0.1, -0.05) is 0 Å². The van der Waals surface area contributed by atoms with Gasteiger partial charge in [0.1, 0.15) is 0 Å². The molecule has 0 spiro atoms. The van der Waals surface area contributed by atoms with Crippen molar-refractivity contribution in [3.05, 3.63) is 24.0 Å². The van der Waals surface area contributed by atoms with Gasteiger partial charge in [-0.3, -0.25) is 9.71 Å². The Morgan fingerprint density at radius 3 is 2.67 bits per heavy atom. The van der Waals surface area contributed by atoms with Crippen LogP contribution in [0.1, 0.15) is 10.4 Å². The lowest BCUT2D eigenvalue weighted by Gasteiger charge is -2.05. The molecule has 0 bridgehead atoms. The highest BCUT2D eigenvalue weighted by molar-refractivity contribution is 7.90. The number of carboxylic acid groups (broad SMARTS) is 1. The fourth-order valence-corrected chi connectivity index (χ4v) is 1.34. The molecule has 0 aliphatic rings. The SMILES string of the molecule is CNS(=O)(=O)Nc1cncc(C(=O)O)c1. The lowest BCUT2D eigenvalue weighted by molar-refractivity contribution is 0.0696. The van der Waals surface area contributed by atoms with Crippen molar-refractivity contribution in [2.75, 3.05) is 11.8 Å². The van der Waals surface area contributed by atoms with Crippen molar-refractivity contribution in [3.8, 4) is 0 Å². The number of carboxylic acids is 1. The number of aromatic nitrogens is 1. The van der Waals surface area contributed by atoms with Crippen molar-refractivity contribution in [2.45, 2.75) is 0 Å². The van der Waals surface area contributed by atoms with Gasteiger partial charge in [0.15, 0.2) is 0 Å². The third kappa shape index (κ3) is 3.18. The van der Waals surface area contributed by atoms with E-state index in [1.165, 1.54) is 19.3 Å². The first kappa shape index (κ1) is 11.4. The van der Waals surface area contributed by atoms with E-state index in [1.807, 2.05) is 4.72 Å². The van der Waals surface area contributed by atoms with Crippen molar-refractivity contribution in [2.24, 2.45) is 0 Å². The van der Waals surface area contributed by atoms with Gasteiger partial charge < -0.3 is 5.11 Å². The predicted octanol–water partition coefficient (Wildman–Crippen LogP) is -0.344. The third-order valence-corrected chi connectivity index (χ3v) is 2.55. The van der Waals surface area contributed by atoms with Gasteiger partial charge in [-0.05, 0) is 6.07 Å². The normalized spacial score (nSPS) is 11.0. The van der Waals surface area contributed by atoms with E-state index in [4.69, 9.17) is 5.11 Å². The summed E-state index contributed by atoms with van der Waals surface area (Å²) in [5.74, 6) is -1.17. The number of hydrogen-bond acceptors (Lipinski definition) is 4. The van der Waals surface area contributed by atoms with E-state index in [9.17, 15) is 13.2 Å². The molecule has 0 radical (unpaired) electrons. The molecule has 0 fully saturated rings. The Balaban J connectivity index is 2.97. The molecule has 7 nitrogen and oxygen atoms in total. The van der Waals surface area contributed by atoms with Crippen molar-refractivity contribution in [1.29, 1.82) is 0 Å². The molecule has 0 amide bonds. The molecule has 0 aliphatic carbocycles. The van der Waals surface area contributed by atoms with Crippen LogP contribution in [0.3, 0.4) is 0 Å². The van der Waals surface area contributed by atoms with Crippen molar-refractivity contribution in [3.63, 3.8) is 0 Å². The molecule has 0 atom stereocenters. The van der Waals surface area contributed by atoms with Crippen LogP contribution in [0.5, 0.6) is 0 Å². The molecule has 8 heteroatoms. The molecule has 0 unspecified atom stereocenters. The van der Waals surface area contributed by atoms with E-state index < -0.39 is 16.2 Å². The minimum absolute atomic E-state index is 0.0873. The van der Waals surface area contributed by atoms with Gasteiger partial charge >= 0.3 is 5.97 Å². The average molecular weight is 231 g/mol. The maximum Gasteiger partial charge on any atom is 0.337 e. The number of pyridine rings is 1. The smallest absolute Gasteiger partial charge is 0.337 e. The molecule has 3 N–H and O–H groups in total. The molecule has 1 aromatic rings. The summed E-state index contributed by atoms with van der Waals surface area (Å²) in [6.45, 7) is 0. The Morgan fingerprint density at radius 1 is 1.47 bits per heavy atom. The molecule has 0 saturated carbocycles. The highest BCUT2D eigenvalue weighted by Gasteiger charge is 2.09. The fraction of sp³-hybridized carbons (Fsp3) is 0.143.